The molecule has 0 spiro atoms. The molecule has 7 nitrogen and oxygen atoms in total. The molecular weight excluding hydrogens is 395 g/mol. The Bertz CT molecular complexity index is 927. The van der Waals surface area contributed by atoms with Gasteiger partial charge in [-0.15, -0.1) is 0 Å². The summed E-state index contributed by atoms with van der Waals surface area (Å²) in [5.74, 6) is -3.93. The number of halogens is 3. The third kappa shape index (κ3) is 3.54. The largest absolute Gasteiger partial charge is 0.468 e. The fourth-order valence-corrected chi connectivity index (χ4v) is 3.47. The Balaban J connectivity index is 2.14. The zero-order chi connectivity index (χ0) is 21.5. The molecule has 0 bridgehead atoms. The molecule has 1 aromatic carbocycles. The number of allylic oxidation sites excluding steroid dienone is 1. The summed E-state index contributed by atoms with van der Waals surface area (Å²) in [6, 6.07) is 3.78. The Morgan fingerprint density at radius 3 is 2.45 bits per heavy atom. The van der Waals surface area contributed by atoms with Crippen LogP contribution in [0.1, 0.15) is 25.3 Å². The number of esters is 2. The average Bonchev–Trinajstić information content (AvgIpc) is 2.66. The maximum absolute atomic E-state index is 13.6. The number of aliphatic imine (C=N–C) groups is 1. The van der Waals surface area contributed by atoms with E-state index in [2.05, 4.69) is 14.5 Å². The first kappa shape index (κ1) is 20.7. The van der Waals surface area contributed by atoms with Crippen molar-refractivity contribution in [2.24, 2.45) is 10.9 Å². The van der Waals surface area contributed by atoms with Crippen molar-refractivity contribution in [2.45, 2.75) is 32.2 Å². The van der Waals surface area contributed by atoms with Crippen LogP contribution >= 0.6 is 0 Å². The highest BCUT2D eigenvalue weighted by Crippen LogP contribution is 2.45. The molecule has 3 atom stereocenters. The molecule has 2 heterocycles. The molecule has 3 unspecified atom stereocenters. The summed E-state index contributed by atoms with van der Waals surface area (Å²) in [5.41, 5.74) is 1.11. The monoisotopic (exact) mass is 413 g/mol. The van der Waals surface area contributed by atoms with Crippen LogP contribution in [0.2, 0.25) is 0 Å². The van der Waals surface area contributed by atoms with Crippen molar-refractivity contribution < 1.29 is 41.7 Å². The molecule has 2 aliphatic heterocycles. The maximum atomic E-state index is 13.6. The SMILES string of the molecule is COC(=O)C1=C(C)N=C(C)C(C(=O)OC)C1c1ccc2c(c1)OC(F)C(F)(F)O2. The van der Waals surface area contributed by atoms with Crippen molar-refractivity contribution in [1.82, 2.24) is 0 Å². The van der Waals surface area contributed by atoms with Crippen molar-refractivity contribution in [3.05, 3.63) is 35.0 Å². The zero-order valence-electron chi connectivity index (χ0n) is 16.0. The predicted molar refractivity (Wildman–Crippen MR) is 93.6 cm³/mol. The summed E-state index contributed by atoms with van der Waals surface area (Å²) in [5, 5.41) is 0. The number of rotatable bonds is 3. The van der Waals surface area contributed by atoms with E-state index in [9.17, 15) is 22.8 Å². The molecule has 156 valence electrons. The van der Waals surface area contributed by atoms with Crippen LogP contribution in [0.25, 0.3) is 0 Å². The highest BCUT2D eigenvalue weighted by Gasteiger charge is 2.50. The summed E-state index contributed by atoms with van der Waals surface area (Å²) in [6.07, 6.45) is -7.14. The second-order valence-electron chi connectivity index (χ2n) is 6.53. The van der Waals surface area contributed by atoms with E-state index in [1.807, 2.05) is 0 Å². The van der Waals surface area contributed by atoms with Crippen LogP contribution in [0, 0.1) is 5.92 Å². The van der Waals surface area contributed by atoms with Crippen LogP contribution < -0.4 is 9.47 Å². The predicted octanol–water partition coefficient (Wildman–Crippen LogP) is 3.14. The molecule has 3 rings (SSSR count). The smallest absolute Gasteiger partial charge is 0.468 e. The van der Waals surface area contributed by atoms with E-state index in [0.717, 1.165) is 6.07 Å². The van der Waals surface area contributed by atoms with E-state index in [1.165, 1.54) is 26.4 Å². The van der Waals surface area contributed by atoms with Gasteiger partial charge in [0, 0.05) is 17.3 Å². The zero-order valence-corrected chi connectivity index (χ0v) is 16.0. The second-order valence-corrected chi connectivity index (χ2v) is 6.53. The lowest BCUT2D eigenvalue weighted by molar-refractivity contribution is -0.281. The number of fused-ring (bicyclic) bond motifs is 1. The molecule has 0 saturated heterocycles. The van der Waals surface area contributed by atoms with Gasteiger partial charge < -0.3 is 18.9 Å². The van der Waals surface area contributed by atoms with Gasteiger partial charge in [-0.25, -0.2) is 4.79 Å². The van der Waals surface area contributed by atoms with Gasteiger partial charge in [0.1, 0.15) is 5.92 Å². The van der Waals surface area contributed by atoms with Crippen LogP contribution in [-0.4, -0.2) is 44.3 Å². The molecule has 0 aliphatic carbocycles. The van der Waals surface area contributed by atoms with Gasteiger partial charge in [0.25, 0.3) is 0 Å². The summed E-state index contributed by atoms with van der Waals surface area (Å²) >= 11 is 0. The summed E-state index contributed by atoms with van der Waals surface area (Å²) in [7, 11) is 2.37. The Morgan fingerprint density at radius 2 is 1.83 bits per heavy atom. The minimum absolute atomic E-state index is 0.0901. The average molecular weight is 413 g/mol. The first-order chi connectivity index (χ1) is 13.6. The first-order valence-corrected chi connectivity index (χ1v) is 8.54. The normalized spacial score (nSPS) is 25.2. The van der Waals surface area contributed by atoms with Gasteiger partial charge in [0.15, 0.2) is 11.5 Å². The fourth-order valence-electron chi connectivity index (χ4n) is 3.47. The topological polar surface area (TPSA) is 83.4 Å². The lowest BCUT2D eigenvalue weighted by atomic mass is 9.75. The minimum atomic E-state index is -4.13. The van der Waals surface area contributed by atoms with Gasteiger partial charge in [-0.05, 0) is 31.5 Å². The molecule has 1 aromatic rings. The van der Waals surface area contributed by atoms with Crippen LogP contribution in [0.5, 0.6) is 11.5 Å². The van der Waals surface area contributed by atoms with E-state index in [1.54, 1.807) is 13.8 Å². The van der Waals surface area contributed by atoms with E-state index in [0.29, 0.717) is 17.0 Å². The maximum Gasteiger partial charge on any atom is 0.468 e. The van der Waals surface area contributed by atoms with Crippen LogP contribution in [0.15, 0.2) is 34.5 Å². The first-order valence-electron chi connectivity index (χ1n) is 8.54. The lowest BCUT2D eigenvalue weighted by Gasteiger charge is -2.33. The van der Waals surface area contributed by atoms with Crippen molar-refractivity contribution in [1.29, 1.82) is 0 Å². The van der Waals surface area contributed by atoms with Gasteiger partial charge >= 0.3 is 24.4 Å². The third-order valence-electron chi connectivity index (χ3n) is 4.76. The van der Waals surface area contributed by atoms with E-state index < -0.39 is 36.2 Å². The minimum Gasteiger partial charge on any atom is -0.468 e. The highest BCUT2D eigenvalue weighted by molar-refractivity contribution is 6.07. The van der Waals surface area contributed by atoms with Crippen LogP contribution in [-0.2, 0) is 19.1 Å². The third-order valence-corrected chi connectivity index (χ3v) is 4.76. The van der Waals surface area contributed by atoms with E-state index in [4.69, 9.17) is 9.47 Å². The quantitative estimate of drug-likeness (QED) is 0.708. The standard InChI is InChI=1S/C19H18F3NO6/c1-8-13(16(24)26-3)15(14(9(2)23-8)17(25)27-4)10-5-6-11-12(7-10)28-18(20)19(21,22)29-11/h5-7,13,15,18H,1-4H3. The highest BCUT2D eigenvalue weighted by atomic mass is 19.3. The number of alkyl halides is 3. The number of carbonyl (C=O) groups excluding carboxylic acids is 2. The summed E-state index contributed by atoms with van der Waals surface area (Å²) in [6.45, 7) is 3.18. The van der Waals surface area contributed by atoms with Gasteiger partial charge in [-0.1, -0.05) is 6.07 Å². The number of methoxy groups -OCH3 is 2. The van der Waals surface area contributed by atoms with Crippen LogP contribution in [0.4, 0.5) is 13.2 Å². The van der Waals surface area contributed by atoms with Crippen molar-refractivity contribution in [2.75, 3.05) is 14.2 Å². The molecule has 0 fully saturated rings. The number of benzene rings is 1. The molecule has 2 aliphatic rings. The lowest BCUT2D eigenvalue weighted by Crippen LogP contribution is -2.43. The number of ether oxygens (including phenoxy) is 4. The fraction of sp³-hybridized carbons (Fsp3) is 0.421. The van der Waals surface area contributed by atoms with Gasteiger partial charge in [-0.3, -0.25) is 9.79 Å². The molecular formula is C19H18F3NO6. The van der Waals surface area contributed by atoms with E-state index >= 15 is 0 Å². The second kappa shape index (κ2) is 7.41. The van der Waals surface area contributed by atoms with Gasteiger partial charge in [0.2, 0.25) is 0 Å². The summed E-state index contributed by atoms with van der Waals surface area (Å²) < 4.78 is 59.1. The Kier molecular flexibility index (Phi) is 5.29. The van der Waals surface area contributed by atoms with Crippen molar-refractivity contribution in [3.8, 4) is 11.5 Å². The van der Waals surface area contributed by atoms with Crippen molar-refractivity contribution >= 4 is 17.7 Å². The molecule has 10 heteroatoms. The Morgan fingerprint density at radius 1 is 1.14 bits per heavy atom. The number of nitrogens with zero attached hydrogens (tertiary/aromatic N) is 1. The van der Waals surface area contributed by atoms with Gasteiger partial charge in [0.05, 0.1) is 19.8 Å². The molecule has 0 aromatic heterocycles. The Labute approximate surface area is 164 Å². The summed E-state index contributed by atoms with van der Waals surface area (Å²) in [4.78, 5) is 29.1. The number of carbonyl (C=O) groups is 2. The van der Waals surface area contributed by atoms with Crippen molar-refractivity contribution in [3.63, 3.8) is 0 Å². The van der Waals surface area contributed by atoms with Crippen LogP contribution in [0.3, 0.4) is 0 Å². The molecule has 29 heavy (non-hydrogen) atoms. The van der Waals surface area contributed by atoms with E-state index in [-0.39, 0.29) is 17.1 Å². The van der Waals surface area contributed by atoms with Gasteiger partial charge in [-0.2, -0.15) is 13.2 Å². The number of hydrogen-bond donors (Lipinski definition) is 0. The molecule has 0 radical (unpaired) electrons. The molecule has 0 N–H and O–H groups in total. The molecule has 0 amide bonds. The number of hydrogen-bond acceptors (Lipinski definition) is 7. The Hall–Kier alpha value is -3.04. The molecule has 0 saturated carbocycles.